The van der Waals surface area contributed by atoms with E-state index in [1.54, 1.807) is 0 Å². The molecule has 88 valence electrons. The fourth-order valence-corrected chi connectivity index (χ4v) is 2.22. The van der Waals surface area contributed by atoms with Crippen LogP contribution >= 0.6 is 17.0 Å². The van der Waals surface area contributed by atoms with Crippen molar-refractivity contribution in [3.8, 4) is 0 Å². The highest BCUT2D eigenvalue weighted by Crippen LogP contribution is 2.19. The van der Waals surface area contributed by atoms with Gasteiger partial charge in [-0.3, -0.25) is 4.79 Å². The first-order valence-electron chi connectivity index (χ1n) is 5.55. The lowest BCUT2D eigenvalue weighted by molar-refractivity contribution is 0.0843. The first-order valence-corrected chi connectivity index (χ1v) is 5.55. The molecule has 0 saturated carbocycles. The molecule has 3 heteroatoms. The first kappa shape index (κ1) is 13.4. The van der Waals surface area contributed by atoms with Gasteiger partial charge in [0.15, 0.2) is 5.78 Å². The van der Waals surface area contributed by atoms with E-state index in [1.807, 2.05) is 30.3 Å². The fourth-order valence-electron chi connectivity index (χ4n) is 2.22. The van der Waals surface area contributed by atoms with E-state index in [2.05, 4.69) is 11.9 Å². The van der Waals surface area contributed by atoms with Gasteiger partial charge in [-0.25, -0.2) is 0 Å². The summed E-state index contributed by atoms with van der Waals surface area (Å²) in [6.45, 7) is 2.03. The van der Waals surface area contributed by atoms with Crippen LogP contribution < -0.4 is 0 Å². The Hall–Kier alpha value is -0.670. The number of ketones is 1. The van der Waals surface area contributed by atoms with E-state index in [1.165, 1.54) is 0 Å². The van der Waals surface area contributed by atoms with Crippen LogP contribution in [0.1, 0.15) is 23.2 Å². The summed E-state index contributed by atoms with van der Waals surface area (Å²) in [4.78, 5) is 14.4. The summed E-state index contributed by atoms with van der Waals surface area (Å²) in [5.41, 5.74) is 0.859. The molecule has 2 rings (SSSR count). The summed E-state index contributed by atoms with van der Waals surface area (Å²) in [6.07, 6.45) is 2.18. The molecule has 1 aliphatic rings. The molecule has 1 aromatic rings. The molecule has 0 N–H and O–H groups in total. The van der Waals surface area contributed by atoms with E-state index < -0.39 is 0 Å². The van der Waals surface area contributed by atoms with E-state index in [0.29, 0.717) is 5.78 Å². The zero-order valence-corrected chi connectivity index (χ0v) is 11.3. The van der Waals surface area contributed by atoms with Gasteiger partial charge >= 0.3 is 0 Å². The molecule has 1 heterocycles. The Morgan fingerprint density at radius 1 is 1.31 bits per heavy atom. The molecule has 0 radical (unpaired) electrons. The standard InChI is InChI=1S/C13H17NO.BrH/c1-14-9-5-8-12(10-14)13(15)11-6-3-2-4-7-11;/h2-4,6-7,12H,5,8-10H2,1H3;1H. The minimum Gasteiger partial charge on any atom is -0.306 e. The molecule has 0 aromatic heterocycles. The number of carbonyl (C=O) groups excluding carboxylic acids is 1. The minimum atomic E-state index is 0. The Labute approximate surface area is 107 Å². The number of nitrogens with zero attached hydrogens (tertiary/aromatic N) is 1. The molecular formula is C13H18BrNO. The van der Waals surface area contributed by atoms with Gasteiger partial charge in [-0.2, -0.15) is 0 Å². The molecule has 0 aliphatic carbocycles. The topological polar surface area (TPSA) is 20.3 Å². The van der Waals surface area contributed by atoms with E-state index in [0.717, 1.165) is 31.5 Å². The quantitative estimate of drug-likeness (QED) is 0.778. The highest BCUT2D eigenvalue weighted by molar-refractivity contribution is 8.93. The second-order valence-electron chi connectivity index (χ2n) is 4.33. The number of hydrogen-bond donors (Lipinski definition) is 0. The predicted molar refractivity (Wildman–Crippen MR) is 71.3 cm³/mol. The van der Waals surface area contributed by atoms with Crippen molar-refractivity contribution >= 4 is 22.8 Å². The zero-order valence-electron chi connectivity index (χ0n) is 9.56. The number of benzene rings is 1. The summed E-state index contributed by atoms with van der Waals surface area (Å²) in [5.74, 6) is 0.508. The summed E-state index contributed by atoms with van der Waals surface area (Å²) >= 11 is 0. The number of piperidine rings is 1. The molecule has 1 saturated heterocycles. The lowest BCUT2D eigenvalue weighted by atomic mass is 9.90. The van der Waals surface area contributed by atoms with E-state index in [-0.39, 0.29) is 22.9 Å². The molecule has 1 fully saturated rings. The summed E-state index contributed by atoms with van der Waals surface area (Å²) in [5, 5.41) is 0. The lowest BCUT2D eigenvalue weighted by Gasteiger charge is -2.28. The predicted octanol–water partition coefficient (Wildman–Crippen LogP) is 2.79. The third-order valence-electron chi connectivity index (χ3n) is 3.05. The van der Waals surface area contributed by atoms with Crippen LogP contribution in [-0.2, 0) is 0 Å². The molecule has 16 heavy (non-hydrogen) atoms. The maximum absolute atomic E-state index is 12.1. The highest BCUT2D eigenvalue weighted by atomic mass is 79.9. The van der Waals surface area contributed by atoms with Crippen LogP contribution in [0, 0.1) is 5.92 Å². The molecule has 0 spiro atoms. The van der Waals surface area contributed by atoms with Crippen molar-refractivity contribution in [2.75, 3.05) is 20.1 Å². The molecule has 1 aromatic carbocycles. The Morgan fingerprint density at radius 3 is 2.62 bits per heavy atom. The van der Waals surface area contributed by atoms with Gasteiger partial charge in [-0.05, 0) is 26.4 Å². The SMILES string of the molecule is Br.CN1CCCC(C(=O)c2ccccc2)C1. The van der Waals surface area contributed by atoms with Gasteiger partial charge in [0.2, 0.25) is 0 Å². The van der Waals surface area contributed by atoms with Crippen molar-refractivity contribution < 1.29 is 4.79 Å². The van der Waals surface area contributed by atoms with Crippen LogP contribution in [0.3, 0.4) is 0 Å². The van der Waals surface area contributed by atoms with Crippen molar-refractivity contribution in [2.45, 2.75) is 12.8 Å². The maximum atomic E-state index is 12.1. The average Bonchev–Trinajstić information content (AvgIpc) is 2.29. The summed E-state index contributed by atoms with van der Waals surface area (Å²) in [7, 11) is 2.09. The smallest absolute Gasteiger partial charge is 0.167 e. The molecule has 0 bridgehead atoms. The van der Waals surface area contributed by atoms with Gasteiger partial charge in [0.05, 0.1) is 0 Å². The van der Waals surface area contributed by atoms with Crippen LogP contribution in [0.5, 0.6) is 0 Å². The number of hydrogen-bond acceptors (Lipinski definition) is 2. The van der Waals surface area contributed by atoms with Crippen LogP contribution in [0.15, 0.2) is 30.3 Å². The number of Topliss-reactive ketones (excluding diaryl/α,β-unsaturated/α-hetero) is 1. The maximum Gasteiger partial charge on any atom is 0.167 e. The first-order chi connectivity index (χ1) is 7.27. The second-order valence-corrected chi connectivity index (χ2v) is 4.33. The van der Waals surface area contributed by atoms with Gasteiger partial charge in [0.25, 0.3) is 0 Å². The number of rotatable bonds is 2. The van der Waals surface area contributed by atoms with E-state index >= 15 is 0 Å². The van der Waals surface area contributed by atoms with E-state index in [9.17, 15) is 4.79 Å². The zero-order chi connectivity index (χ0) is 10.7. The number of carbonyl (C=O) groups is 1. The van der Waals surface area contributed by atoms with Gasteiger partial charge in [-0.15, -0.1) is 17.0 Å². The third-order valence-corrected chi connectivity index (χ3v) is 3.05. The number of halogens is 1. The lowest BCUT2D eigenvalue weighted by Crippen LogP contribution is -2.36. The van der Waals surface area contributed by atoms with E-state index in [4.69, 9.17) is 0 Å². The van der Waals surface area contributed by atoms with Crippen LogP contribution in [0.2, 0.25) is 0 Å². The Morgan fingerprint density at radius 2 is 2.00 bits per heavy atom. The third kappa shape index (κ3) is 3.16. The molecule has 0 amide bonds. The van der Waals surface area contributed by atoms with Crippen LogP contribution in [-0.4, -0.2) is 30.8 Å². The minimum absolute atomic E-state index is 0. The monoisotopic (exact) mass is 283 g/mol. The fraction of sp³-hybridized carbons (Fsp3) is 0.462. The van der Waals surface area contributed by atoms with Gasteiger partial charge in [-0.1, -0.05) is 30.3 Å². The van der Waals surface area contributed by atoms with Crippen LogP contribution in [0.25, 0.3) is 0 Å². The molecule has 2 nitrogen and oxygen atoms in total. The van der Waals surface area contributed by atoms with Crippen molar-refractivity contribution in [1.82, 2.24) is 4.90 Å². The van der Waals surface area contributed by atoms with Crippen molar-refractivity contribution in [1.29, 1.82) is 0 Å². The van der Waals surface area contributed by atoms with Crippen molar-refractivity contribution in [3.63, 3.8) is 0 Å². The molecule has 1 unspecified atom stereocenters. The molecular weight excluding hydrogens is 266 g/mol. The average molecular weight is 284 g/mol. The van der Waals surface area contributed by atoms with Crippen molar-refractivity contribution in [2.24, 2.45) is 5.92 Å². The number of likely N-dealkylation sites (tertiary alicyclic amines) is 1. The van der Waals surface area contributed by atoms with Gasteiger partial charge < -0.3 is 4.90 Å². The normalized spacial score (nSPS) is 21.2. The summed E-state index contributed by atoms with van der Waals surface area (Å²) in [6, 6.07) is 9.64. The highest BCUT2D eigenvalue weighted by Gasteiger charge is 2.24. The Bertz CT molecular complexity index is 339. The largest absolute Gasteiger partial charge is 0.306 e. The van der Waals surface area contributed by atoms with Crippen molar-refractivity contribution in [3.05, 3.63) is 35.9 Å². The van der Waals surface area contributed by atoms with Gasteiger partial charge in [0.1, 0.15) is 0 Å². The van der Waals surface area contributed by atoms with Crippen LogP contribution in [0.4, 0.5) is 0 Å². The van der Waals surface area contributed by atoms with Gasteiger partial charge in [0, 0.05) is 18.0 Å². The molecule has 1 atom stereocenters. The molecule has 1 aliphatic heterocycles. The Balaban J connectivity index is 0.00000128. The summed E-state index contributed by atoms with van der Waals surface area (Å²) < 4.78 is 0. The Kier molecular flexibility index (Phi) is 5.16. The second kappa shape index (κ2) is 6.16.